The zero-order valence-corrected chi connectivity index (χ0v) is 11.8. The lowest BCUT2D eigenvalue weighted by atomic mass is 9.95. The van der Waals surface area contributed by atoms with Gasteiger partial charge in [-0.3, -0.25) is 9.48 Å². The largest absolute Gasteiger partial charge is 0.373 e. The molecule has 0 radical (unpaired) electrons. The highest BCUT2D eigenvalue weighted by Gasteiger charge is 2.36. The van der Waals surface area contributed by atoms with Gasteiger partial charge < -0.3 is 10.1 Å². The Morgan fingerprint density at radius 2 is 2.40 bits per heavy atom. The van der Waals surface area contributed by atoms with Gasteiger partial charge in [-0.25, -0.2) is 0 Å². The van der Waals surface area contributed by atoms with E-state index < -0.39 is 0 Å². The first-order valence-corrected chi connectivity index (χ1v) is 7.31. The molecule has 1 fully saturated rings. The number of amides is 1. The van der Waals surface area contributed by atoms with Gasteiger partial charge in [-0.15, -0.1) is 0 Å². The Hall–Kier alpha value is -1.62. The predicted molar refractivity (Wildman–Crippen MR) is 74.9 cm³/mol. The highest BCUT2D eigenvalue weighted by atomic mass is 16.5. The molecule has 1 aromatic rings. The van der Waals surface area contributed by atoms with E-state index in [0.717, 1.165) is 31.2 Å². The van der Waals surface area contributed by atoms with Gasteiger partial charge in [-0.1, -0.05) is 12.2 Å². The second-order valence-electron chi connectivity index (χ2n) is 5.61. The molecule has 2 aliphatic rings. The fourth-order valence-electron chi connectivity index (χ4n) is 3.00. The molecule has 1 unspecified atom stereocenters. The molecule has 0 bridgehead atoms. The molecule has 1 saturated heterocycles. The van der Waals surface area contributed by atoms with E-state index in [1.54, 1.807) is 10.9 Å². The molecule has 2 heterocycles. The topological polar surface area (TPSA) is 56.1 Å². The molecule has 0 aromatic carbocycles. The van der Waals surface area contributed by atoms with Crippen molar-refractivity contribution in [1.29, 1.82) is 0 Å². The normalized spacial score (nSPS) is 29.6. The molecule has 3 atom stereocenters. The van der Waals surface area contributed by atoms with Crippen LogP contribution in [0.15, 0.2) is 24.5 Å². The molecule has 1 aromatic heterocycles. The maximum Gasteiger partial charge on any atom is 0.226 e. The maximum absolute atomic E-state index is 12.5. The summed E-state index contributed by atoms with van der Waals surface area (Å²) in [6.07, 6.45) is 11.9. The molecule has 5 nitrogen and oxygen atoms in total. The van der Waals surface area contributed by atoms with Gasteiger partial charge in [-0.05, 0) is 25.7 Å². The number of nitrogens with zero attached hydrogens (tertiary/aromatic N) is 2. The van der Waals surface area contributed by atoms with Gasteiger partial charge in [-0.2, -0.15) is 5.10 Å². The number of carbonyl (C=O) groups is 1. The summed E-state index contributed by atoms with van der Waals surface area (Å²) in [5.74, 6) is 0.00225. The van der Waals surface area contributed by atoms with Gasteiger partial charge in [0.15, 0.2) is 0 Å². The second kappa shape index (κ2) is 5.79. The van der Waals surface area contributed by atoms with Crippen LogP contribution >= 0.6 is 0 Å². The van der Waals surface area contributed by atoms with Crippen LogP contribution in [0.3, 0.4) is 0 Å². The van der Waals surface area contributed by atoms with E-state index in [4.69, 9.17) is 4.74 Å². The fourth-order valence-corrected chi connectivity index (χ4v) is 3.00. The Balaban J connectivity index is 1.67. The summed E-state index contributed by atoms with van der Waals surface area (Å²) < 4.78 is 7.49. The summed E-state index contributed by atoms with van der Waals surface area (Å²) in [5, 5.41) is 7.30. The van der Waals surface area contributed by atoms with Crippen LogP contribution in [0.5, 0.6) is 0 Å². The molecule has 0 spiro atoms. The maximum atomic E-state index is 12.5. The number of aromatic nitrogens is 2. The zero-order valence-electron chi connectivity index (χ0n) is 11.8. The van der Waals surface area contributed by atoms with E-state index in [0.29, 0.717) is 6.61 Å². The molecule has 1 N–H and O–H groups in total. The van der Waals surface area contributed by atoms with Crippen LogP contribution in [0, 0.1) is 5.92 Å². The van der Waals surface area contributed by atoms with Crippen molar-refractivity contribution < 1.29 is 9.53 Å². The summed E-state index contributed by atoms with van der Waals surface area (Å²) in [6.45, 7) is 0.637. The van der Waals surface area contributed by atoms with Crippen LogP contribution < -0.4 is 5.32 Å². The van der Waals surface area contributed by atoms with Crippen molar-refractivity contribution in [3.05, 3.63) is 30.1 Å². The van der Waals surface area contributed by atoms with Crippen molar-refractivity contribution in [1.82, 2.24) is 15.1 Å². The molecule has 1 aliphatic heterocycles. The summed E-state index contributed by atoms with van der Waals surface area (Å²) >= 11 is 0. The number of aryl methyl sites for hydroxylation is 1. The molecule has 3 rings (SSSR count). The third-order valence-corrected chi connectivity index (χ3v) is 4.06. The van der Waals surface area contributed by atoms with Crippen molar-refractivity contribution in [3.8, 4) is 0 Å². The smallest absolute Gasteiger partial charge is 0.226 e. The van der Waals surface area contributed by atoms with E-state index in [9.17, 15) is 4.79 Å². The molecule has 20 heavy (non-hydrogen) atoms. The van der Waals surface area contributed by atoms with E-state index >= 15 is 0 Å². The lowest BCUT2D eigenvalue weighted by molar-refractivity contribution is -0.127. The lowest BCUT2D eigenvalue weighted by Gasteiger charge is -2.22. The summed E-state index contributed by atoms with van der Waals surface area (Å²) in [6, 6.07) is 0.186. The number of nitrogens with one attached hydrogen (secondary N) is 1. The van der Waals surface area contributed by atoms with Crippen LogP contribution in [0.4, 0.5) is 0 Å². The Bertz CT molecular complexity index is 509. The average Bonchev–Trinajstić information content (AvgIpc) is 3.08. The molecule has 1 aliphatic carbocycles. The van der Waals surface area contributed by atoms with Crippen molar-refractivity contribution in [2.75, 3.05) is 6.61 Å². The average molecular weight is 275 g/mol. The highest BCUT2D eigenvalue weighted by Crippen LogP contribution is 2.34. The van der Waals surface area contributed by atoms with Crippen LogP contribution in [0.25, 0.3) is 0 Å². The van der Waals surface area contributed by atoms with Gasteiger partial charge in [0.1, 0.15) is 0 Å². The second-order valence-corrected chi connectivity index (χ2v) is 5.61. The molecular formula is C15H21N3O2. The van der Waals surface area contributed by atoms with Crippen LogP contribution in [-0.4, -0.2) is 28.3 Å². The van der Waals surface area contributed by atoms with Crippen molar-refractivity contribution in [3.63, 3.8) is 0 Å². The quantitative estimate of drug-likeness (QED) is 0.855. The first-order chi connectivity index (χ1) is 9.74. The number of ether oxygens (including phenoxy) is 1. The van der Waals surface area contributed by atoms with Gasteiger partial charge in [0.2, 0.25) is 5.91 Å². The van der Waals surface area contributed by atoms with Crippen LogP contribution in [-0.2, 0) is 16.6 Å². The Morgan fingerprint density at radius 3 is 3.10 bits per heavy atom. The van der Waals surface area contributed by atoms with E-state index in [1.165, 1.54) is 0 Å². The molecule has 1 amide bonds. The lowest BCUT2D eigenvalue weighted by Crippen LogP contribution is -2.39. The zero-order chi connectivity index (χ0) is 13.9. The van der Waals surface area contributed by atoms with Crippen LogP contribution in [0.2, 0.25) is 0 Å². The number of hydrogen-bond donors (Lipinski definition) is 1. The molecular weight excluding hydrogens is 254 g/mol. The van der Waals surface area contributed by atoms with E-state index in [1.807, 2.05) is 13.2 Å². The van der Waals surface area contributed by atoms with E-state index in [-0.39, 0.29) is 24.0 Å². The predicted octanol–water partition coefficient (Wildman–Crippen LogP) is 1.72. The first-order valence-electron chi connectivity index (χ1n) is 7.31. The summed E-state index contributed by atoms with van der Waals surface area (Å²) in [5.41, 5.74) is 0.990. The van der Waals surface area contributed by atoms with Gasteiger partial charge >= 0.3 is 0 Å². The van der Waals surface area contributed by atoms with Gasteiger partial charge in [0, 0.05) is 31.5 Å². The highest BCUT2D eigenvalue weighted by molar-refractivity contribution is 5.80. The minimum absolute atomic E-state index is 0.102. The summed E-state index contributed by atoms with van der Waals surface area (Å²) in [7, 11) is 1.88. The standard InChI is InChI=1S/C15H21N3O2/c1-18-10-11(9-16-18)14-13(7-8-20-14)15(19)17-12-5-3-2-4-6-12/h3,5,9-10,12-14H,2,4,6-8H2,1H3,(H,17,19)/t12?,13-,14+/m0/s1. The SMILES string of the molecule is Cn1cc([C@H]2OCC[C@@H]2C(=O)NC2C=CCCC2)cn1. The Morgan fingerprint density at radius 1 is 1.50 bits per heavy atom. The Kier molecular flexibility index (Phi) is 3.87. The monoisotopic (exact) mass is 275 g/mol. The minimum atomic E-state index is -0.156. The van der Waals surface area contributed by atoms with Gasteiger partial charge in [0.25, 0.3) is 0 Å². The third-order valence-electron chi connectivity index (χ3n) is 4.06. The number of rotatable bonds is 3. The molecule has 108 valence electrons. The third kappa shape index (κ3) is 2.77. The Labute approximate surface area is 119 Å². The number of allylic oxidation sites excluding steroid dienone is 1. The summed E-state index contributed by atoms with van der Waals surface area (Å²) in [4.78, 5) is 12.5. The van der Waals surface area contributed by atoms with Gasteiger partial charge in [0.05, 0.1) is 18.2 Å². The van der Waals surface area contributed by atoms with Crippen molar-refractivity contribution in [2.45, 2.75) is 37.8 Å². The van der Waals surface area contributed by atoms with Crippen molar-refractivity contribution >= 4 is 5.91 Å². The molecule has 5 heteroatoms. The fraction of sp³-hybridized carbons (Fsp3) is 0.600. The van der Waals surface area contributed by atoms with Crippen molar-refractivity contribution in [2.24, 2.45) is 13.0 Å². The van der Waals surface area contributed by atoms with E-state index in [2.05, 4.69) is 22.6 Å². The van der Waals surface area contributed by atoms with Crippen LogP contribution in [0.1, 0.15) is 37.4 Å². The minimum Gasteiger partial charge on any atom is -0.373 e. The molecule has 0 saturated carbocycles. The first kappa shape index (κ1) is 13.4. The number of hydrogen-bond acceptors (Lipinski definition) is 3. The number of carbonyl (C=O) groups excluding carboxylic acids is 1.